The maximum atomic E-state index is 12.1. The predicted molar refractivity (Wildman–Crippen MR) is 98.0 cm³/mol. The minimum absolute atomic E-state index is 0.201. The quantitative estimate of drug-likeness (QED) is 0.331. The van der Waals surface area contributed by atoms with Crippen molar-refractivity contribution in [3.63, 3.8) is 0 Å². The normalized spacial score (nSPS) is 12.3. The number of carbonyl (C=O) groups excluding carboxylic acids is 1. The minimum Gasteiger partial charge on any atom is -0.274 e. The number of amides is 1. The van der Waals surface area contributed by atoms with Gasteiger partial charge < -0.3 is 0 Å². The molecule has 0 aromatic rings. The Morgan fingerprint density at radius 3 is 1.42 bits per heavy atom. The Morgan fingerprint density at radius 1 is 0.731 bits per heavy atom. The average molecular weight is 402 g/mol. The van der Waals surface area contributed by atoms with E-state index in [1.807, 2.05) is 0 Å². The van der Waals surface area contributed by atoms with E-state index in [2.05, 4.69) is 6.92 Å². The third-order valence-electron chi connectivity index (χ3n) is 4.31. The molecular formula is C18H34F3NO3S. The smallest absolute Gasteiger partial charge is 0.274 e. The number of alkyl halides is 3. The van der Waals surface area contributed by atoms with E-state index in [0.29, 0.717) is 6.42 Å². The molecule has 0 aromatic carbocycles. The van der Waals surface area contributed by atoms with E-state index < -0.39 is 21.4 Å². The van der Waals surface area contributed by atoms with E-state index in [0.717, 1.165) is 30.4 Å². The van der Waals surface area contributed by atoms with Gasteiger partial charge in [-0.3, -0.25) is 4.79 Å². The number of nitrogens with one attached hydrogen (secondary N) is 1. The highest BCUT2D eigenvalue weighted by Crippen LogP contribution is 2.21. The van der Waals surface area contributed by atoms with Crippen LogP contribution in [0.25, 0.3) is 0 Å². The molecule has 4 nitrogen and oxygen atoms in total. The summed E-state index contributed by atoms with van der Waals surface area (Å²) in [5.41, 5.74) is -5.45. The van der Waals surface area contributed by atoms with Crippen molar-refractivity contribution in [3.05, 3.63) is 0 Å². The topological polar surface area (TPSA) is 63.2 Å². The molecule has 0 aliphatic carbocycles. The molecule has 0 atom stereocenters. The lowest BCUT2D eigenvalue weighted by Crippen LogP contribution is -2.40. The molecule has 0 aliphatic heterocycles. The molecule has 0 fully saturated rings. The molecule has 0 bridgehead atoms. The molecule has 0 spiro atoms. The molecule has 156 valence electrons. The summed E-state index contributed by atoms with van der Waals surface area (Å²) < 4.78 is 58.9. The largest absolute Gasteiger partial charge is 0.516 e. The molecule has 26 heavy (non-hydrogen) atoms. The van der Waals surface area contributed by atoms with Gasteiger partial charge in [0.15, 0.2) is 0 Å². The molecule has 8 heteroatoms. The zero-order valence-corrected chi connectivity index (χ0v) is 16.7. The van der Waals surface area contributed by atoms with Crippen molar-refractivity contribution in [3.8, 4) is 0 Å². The maximum Gasteiger partial charge on any atom is 0.516 e. The van der Waals surface area contributed by atoms with Crippen LogP contribution in [-0.4, -0.2) is 19.8 Å². The van der Waals surface area contributed by atoms with Crippen LogP contribution in [0.3, 0.4) is 0 Å². The monoisotopic (exact) mass is 401 g/mol. The summed E-state index contributed by atoms with van der Waals surface area (Å²) in [5.74, 6) is -1.10. The Balaban J connectivity index is 3.42. The number of carbonyl (C=O) groups is 1. The van der Waals surface area contributed by atoms with Crippen LogP contribution in [0, 0.1) is 0 Å². The zero-order chi connectivity index (χ0) is 19.9. The Morgan fingerprint density at radius 2 is 1.08 bits per heavy atom. The molecule has 0 saturated carbocycles. The predicted octanol–water partition coefficient (Wildman–Crippen LogP) is 5.82. The van der Waals surface area contributed by atoms with Gasteiger partial charge in [0.25, 0.3) is 0 Å². The highest BCUT2D eigenvalue weighted by atomic mass is 32.2. The van der Waals surface area contributed by atoms with Crippen LogP contribution in [0.1, 0.15) is 103 Å². The molecule has 0 unspecified atom stereocenters. The molecule has 0 radical (unpaired) electrons. The van der Waals surface area contributed by atoms with Crippen molar-refractivity contribution in [2.45, 2.75) is 109 Å². The highest BCUT2D eigenvalue weighted by Gasteiger charge is 2.46. The fourth-order valence-electron chi connectivity index (χ4n) is 2.74. The number of sulfonamides is 1. The molecule has 0 saturated heterocycles. The number of unbranched alkanes of at least 4 members (excludes halogenated alkanes) is 13. The van der Waals surface area contributed by atoms with Crippen LogP contribution in [0.15, 0.2) is 0 Å². The Kier molecular flexibility index (Phi) is 13.9. The molecule has 1 amide bonds. The zero-order valence-electron chi connectivity index (χ0n) is 15.9. The van der Waals surface area contributed by atoms with Crippen molar-refractivity contribution in [2.75, 3.05) is 0 Å². The third-order valence-corrected chi connectivity index (χ3v) is 5.42. The number of rotatable bonds is 16. The average Bonchev–Trinajstić information content (AvgIpc) is 2.53. The summed E-state index contributed by atoms with van der Waals surface area (Å²) in [6.07, 6.45) is 15.6. The van der Waals surface area contributed by atoms with Gasteiger partial charge in [0.1, 0.15) is 0 Å². The Bertz CT molecular complexity index is 465. The molecule has 0 heterocycles. The van der Waals surface area contributed by atoms with E-state index >= 15 is 0 Å². The first kappa shape index (κ1) is 25.2. The van der Waals surface area contributed by atoms with E-state index in [9.17, 15) is 26.4 Å². The molecular weight excluding hydrogens is 367 g/mol. The number of halogens is 3. The van der Waals surface area contributed by atoms with Crippen LogP contribution in [-0.2, 0) is 14.8 Å². The first-order chi connectivity index (χ1) is 12.2. The molecule has 0 rings (SSSR count). The van der Waals surface area contributed by atoms with Crippen molar-refractivity contribution in [2.24, 2.45) is 0 Å². The van der Waals surface area contributed by atoms with Crippen molar-refractivity contribution in [1.82, 2.24) is 4.72 Å². The van der Waals surface area contributed by atoms with Crippen molar-refractivity contribution < 1.29 is 26.4 Å². The fourth-order valence-corrected chi connectivity index (χ4v) is 3.26. The van der Waals surface area contributed by atoms with Gasteiger partial charge in [0.05, 0.1) is 0 Å². The van der Waals surface area contributed by atoms with Gasteiger partial charge in [-0.15, -0.1) is 0 Å². The molecule has 1 N–H and O–H groups in total. The summed E-state index contributed by atoms with van der Waals surface area (Å²) in [7, 11) is -5.57. The van der Waals surface area contributed by atoms with Crippen LogP contribution in [0.5, 0.6) is 0 Å². The second-order valence-corrected chi connectivity index (χ2v) is 8.49. The lowest BCUT2D eigenvalue weighted by molar-refractivity contribution is -0.120. The summed E-state index contributed by atoms with van der Waals surface area (Å²) in [4.78, 5) is 11.2. The van der Waals surface area contributed by atoms with E-state index in [1.165, 1.54) is 57.8 Å². The van der Waals surface area contributed by atoms with Gasteiger partial charge >= 0.3 is 15.5 Å². The first-order valence-corrected chi connectivity index (χ1v) is 11.3. The summed E-state index contributed by atoms with van der Waals surface area (Å²) in [6.45, 7) is 2.22. The van der Waals surface area contributed by atoms with Crippen LogP contribution in [0.4, 0.5) is 13.2 Å². The van der Waals surface area contributed by atoms with E-state index in [-0.39, 0.29) is 6.42 Å². The van der Waals surface area contributed by atoms with Crippen molar-refractivity contribution >= 4 is 15.9 Å². The lowest BCUT2D eigenvalue weighted by atomic mass is 10.0. The summed E-state index contributed by atoms with van der Waals surface area (Å²) in [6, 6.07) is 0. The summed E-state index contributed by atoms with van der Waals surface area (Å²) in [5, 5.41) is 0. The van der Waals surface area contributed by atoms with Gasteiger partial charge in [-0.25, -0.2) is 4.72 Å². The fraction of sp³-hybridized carbons (Fsp3) is 0.944. The Hall–Kier alpha value is -0.790. The SMILES string of the molecule is CCCCCCCCCCCCCCCCC(=O)NS(=O)(=O)C(F)(F)F. The molecule has 0 aliphatic rings. The van der Waals surface area contributed by atoms with Gasteiger partial charge in [0.2, 0.25) is 5.91 Å². The van der Waals surface area contributed by atoms with Crippen molar-refractivity contribution in [1.29, 1.82) is 0 Å². The standard InChI is InChI=1S/C18H34F3NO3S/c1-2-3-4-5-6-7-8-9-10-11-12-13-14-15-16-17(23)22-26(24,25)18(19,20)21/h2-16H2,1H3,(H,22,23). The first-order valence-electron chi connectivity index (χ1n) is 9.82. The number of hydrogen-bond donors (Lipinski definition) is 1. The summed E-state index contributed by atoms with van der Waals surface area (Å²) >= 11 is 0. The highest BCUT2D eigenvalue weighted by molar-refractivity contribution is 7.90. The van der Waals surface area contributed by atoms with Gasteiger partial charge in [-0.05, 0) is 6.42 Å². The lowest BCUT2D eigenvalue weighted by Gasteiger charge is -2.09. The maximum absolute atomic E-state index is 12.1. The van der Waals surface area contributed by atoms with Crippen LogP contribution < -0.4 is 4.72 Å². The van der Waals surface area contributed by atoms with Gasteiger partial charge in [-0.2, -0.15) is 21.6 Å². The Labute approximate surface area is 156 Å². The van der Waals surface area contributed by atoms with E-state index in [1.54, 1.807) is 0 Å². The molecule has 0 aromatic heterocycles. The van der Waals surface area contributed by atoms with Crippen LogP contribution in [0.2, 0.25) is 0 Å². The second-order valence-electron chi connectivity index (χ2n) is 6.82. The van der Waals surface area contributed by atoms with Crippen LogP contribution >= 0.6 is 0 Å². The van der Waals surface area contributed by atoms with Gasteiger partial charge in [0, 0.05) is 6.42 Å². The second kappa shape index (κ2) is 14.3. The third kappa shape index (κ3) is 13.4. The van der Waals surface area contributed by atoms with E-state index in [4.69, 9.17) is 0 Å². The number of hydrogen-bond acceptors (Lipinski definition) is 3. The minimum atomic E-state index is -5.57. The van der Waals surface area contributed by atoms with Gasteiger partial charge in [-0.1, -0.05) is 90.4 Å².